The lowest BCUT2D eigenvalue weighted by Gasteiger charge is -2.04. The van der Waals surface area contributed by atoms with Gasteiger partial charge in [-0.05, 0) is 0 Å². The summed E-state index contributed by atoms with van der Waals surface area (Å²) in [4.78, 5) is 34.9. The van der Waals surface area contributed by atoms with E-state index in [0.29, 0.717) is 6.29 Å². The average Bonchev–Trinajstić information content (AvgIpc) is 2.11. The number of aldehydes is 1. The molecule has 1 unspecified atom stereocenters. The predicted molar refractivity (Wildman–Crippen MR) is 46.6 cm³/mol. The SMILES string of the molecule is CC(C=O)Cn1c(=O)cc[nH]c1=O. The molecule has 0 aromatic carbocycles. The summed E-state index contributed by atoms with van der Waals surface area (Å²) >= 11 is 0. The minimum Gasteiger partial charge on any atom is -0.314 e. The highest BCUT2D eigenvalue weighted by atomic mass is 16.2. The van der Waals surface area contributed by atoms with Crippen LogP contribution in [-0.4, -0.2) is 15.8 Å². The van der Waals surface area contributed by atoms with E-state index in [9.17, 15) is 14.4 Å². The van der Waals surface area contributed by atoms with Crippen molar-refractivity contribution in [2.24, 2.45) is 5.92 Å². The fraction of sp³-hybridized carbons (Fsp3) is 0.375. The van der Waals surface area contributed by atoms with Crippen LogP contribution in [0.5, 0.6) is 0 Å². The molecule has 1 atom stereocenters. The summed E-state index contributed by atoms with van der Waals surface area (Å²) in [7, 11) is 0. The molecule has 5 heteroatoms. The molecule has 1 rings (SSSR count). The number of carbonyl (C=O) groups is 1. The Hall–Kier alpha value is -1.65. The van der Waals surface area contributed by atoms with Crippen molar-refractivity contribution in [2.75, 3.05) is 0 Å². The summed E-state index contributed by atoms with van der Waals surface area (Å²) in [5.74, 6) is -0.332. The zero-order chi connectivity index (χ0) is 9.84. The summed E-state index contributed by atoms with van der Waals surface area (Å²) in [6, 6.07) is 1.25. The highest BCUT2D eigenvalue weighted by molar-refractivity contribution is 5.52. The van der Waals surface area contributed by atoms with Crippen LogP contribution in [0.3, 0.4) is 0 Å². The summed E-state index contributed by atoms with van der Waals surface area (Å²) in [5.41, 5.74) is -0.876. The second-order valence-corrected chi connectivity index (χ2v) is 2.85. The topological polar surface area (TPSA) is 71.9 Å². The van der Waals surface area contributed by atoms with Crippen molar-refractivity contribution in [3.63, 3.8) is 0 Å². The minimum atomic E-state index is -0.485. The van der Waals surface area contributed by atoms with E-state index >= 15 is 0 Å². The van der Waals surface area contributed by atoms with Gasteiger partial charge in [-0.1, -0.05) is 6.92 Å². The van der Waals surface area contributed by atoms with Gasteiger partial charge in [-0.15, -0.1) is 0 Å². The Balaban J connectivity index is 3.07. The standard InChI is InChI=1S/C8H10N2O3/c1-6(5-11)4-10-7(12)2-3-9-8(10)13/h2-3,5-6H,4H2,1H3,(H,9,13). The molecular weight excluding hydrogens is 172 g/mol. The largest absolute Gasteiger partial charge is 0.328 e. The van der Waals surface area contributed by atoms with E-state index in [1.54, 1.807) is 6.92 Å². The molecule has 0 aliphatic carbocycles. The molecule has 0 spiro atoms. The van der Waals surface area contributed by atoms with Gasteiger partial charge in [0.05, 0.1) is 0 Å². The molecule has 1 aromatic rings. The van der Waals surface area contributed by atoms with Crippen molar-refractivity contribution < 1.29 is 4.79 Å². The van der Waals surface area contributed by atoms with Crippen molar-refractivity contribution in [1.82, 2.24) is 9.55 Å². The van der Waals surface area contributed by atoms with Gasteiger partial charge in [-0.2, -0.15) is 0 Å². The quantitative estimate of drug-likeness (QED) is 0.633. The van der Waals surface area contributed by atoms with Crippen molar-refractivity contribution in [2.45, 2.75) is 13.5 Å². The van der Waals surface area contributed by atoms with Crippen LogP contribution in [0, 0.1) is 5.92 Å². The van der Waals surface area contributed by atoms with Gasteiger partial charge in [0.1, 0.15) is 6.29 Å². The molecule has 0 saturated carbocycles. The molecule has 1 N–H and O–H groups in total. The Kier molecular flexibility index (Phi) is 2.79. The second kappa shape index (κ2) is 3.84. The molecule has 0 aliphatic heterocycles. The summed E-state index contributed by atoms with van der Waals surface area (Å²) in [5, 5.41) is 0. The Morgan fingerprint density at radius 1 is 1.62 bits per heavy atom. The monoisotopic (exact) mass is 182 g/mol. The van der Waals surface area contributed by atoms with Crippen LogP contribution in [-0.2, 0) is 11.3 Å². The van der Waals surface area contributed by atoms with Crippen LogP contribution in [0.2, 0.25) is 0 Å². The Bertz CT molecular complexity index is 376. The molecule has 0 fully saturated rings. The van der Waals surface area contributed by atoms with Crippen LogP contribution in [0.1, 0.15) is 6.92 Å². The fourth-order valence-corrected chi connectivity index (χ4v) is 0.956. The van der Waals surface area contributed by atoms with Gasteiger partial charge >= 0.3 is 5.69 Å². The Morgan fingerprint density at radius 2 is 2.31 bits per heavy atom. The van der Waals surface area contributed by atoms with Crippen LogP contribution in [0.4, 0.5) is 0 Å². The molecule has 1 aromatic heterocycles. The first-order chi connectivity index (χ1) is 6.15. The van der Waals surface area contributed by atoms with Gasteiger partial charge in [0, 0.05) is 24.7 Å². The number of nitrogens with zero attached hydrogens (tertiary/aromatic N) is 1. The molecule has 0 bridgehead atoms. The van der Waals surface area contributed by atoms with Gasteiger partial charge in [0.15, 0.2) is 0 Å². The first-order valence-electron chi connectivity index (χ1n) is 3.89. The number of aromatic amines is 1. The summed E-state index contributed by atoms with van der Waals surface area (Å²) < 4.78 is 0.999. The zero-order valence-electron chi connectivity index (χ0n) is 7.19. The second-order valence-electron chi connectivity index (χ2n) is 2.85. The maximum atomic E-state index is 11.1. The zero-order valence-corrected chi connectivity index (χ0v) is 7.19. The maximum Gasteiger partial charge on any atom is 0.328 e. The Labute approximate surface area is 74.0 Å². The van der Waals surface area contributed by atoms with E-state index < -0.39 is 11.2 Å². The van der Waals surface area contributed by atoms with E-state index in [-0.39, 0.29) is 12.5 Å². The first kappa shape index (κ1) is 9.44. The smallest absolute Gasteiger partial charge is 0.314 e. The number of H-pyrrole nitrogens is 1. The number of aromatic nitrogens is 2. The normalized spacial score (nSPS) is 12.4. The van der Waals surface area contributed by atoms with Crippen LogP contribution in [0.15, 0.2) is 21.9 Å². The molecule has 0 aliphatic rings. The lowest BCUT2D eigenvalue weighted by Crippen LogP contribution is -2.35. The minimum absolute atomic E-state index is 0.124. The third kappa shape index (κ3) is 2.14. The molecule has 1 heterocycles. The average molecular weight is 182 g/mol. The lowest BCUT2D eigenvalue weighted by atomic mass is 10.2. The molecule has 0 saturated heterocycles. The van der Waals surface area contributed by atoms with Gasteiger partial charge in [0.25, 0.3) is 5.56 Å². The fourth-order valence-electron chi connectivity index (χ4n) is 0.956. The molecule has 0 radical (unpaired) electrons. The number of carbonyl (C=O) groups excluding carboxylic acids is 1. The number of hydrogen-bond acceptors (Lipinski definition) is 3. The molecule has 13 heavy (non-hydrogen) atoms. The highest BCUT2D eigenvalue weighted by Crippen LogP contribution is 1.89. The van der Waals surface area contributed by atoms with E-state index in [2.05, 4.69) is 4.98 Å². The molecular formula is C8H10N2O3. The van der Waals surface area contributed by atoms with E-state index in [1.807, 2.05) is 0 Å². The van der Waals surface area contributed by atoms with E-state index in [0.717, 1.165) is 4.57 Å². The van der Waals surface area contributed by atoms with Crippen LogP contribution >= 0.6 is 0 Å². The number of hydrogen-bond donors (Lipinski definition) is 1. The highest BCUT2D eigenvalue weighted by Gasteiger charge is 2.04. The molecule has 70 valence electrons. The predicted octanol–water partition coefficient (Wildman–Crippen LogP) is -0.628. The van der Waals surface area contributed by atoms with Crippen molar-refractivity contribution >= 4 is 6.29 Å². The van der Waals surface area contributed by atoms with Crippen molar-refractivity contribution in [1.29, 1.82) is 0 Å². The molecule has 0 amide bonds. The molecule has 5 nitrogen and oxygen atoms in total. The summed E-state index contributed by atoms with van der Waals surface area (Å²) in [6.07, 6.45) is 1.99. The van der Waals surface area contributed by atoms with Crippen LogP contribution < -0.4 is 11.2 Å². The lowest BCUT2D eigenvalue weighted by molar-refractivity contribution is -0.111. The first-order valence-corrected chi connectivity index (χ1v) is 3.89. The number of nitrogens with one attached hydrogen (secondary N) is 1. The third-order valence-electron chi connectivity index (χ3n) is 1.65. The Morgan fingerprint density at radius 3 is 2.85 bits per heavy atom. The van der Waals surface area contributed by atoms with Gasteiger partial charge in [-0.25, -0.2) is 4.79 Å². The summed E-state index contributed by atoms with van der Waals surface area (Å²) in [6.45, 7) is 1.77. The number of rotatable bonds is 3. The van der Waals surface area contributed by atoms with Crippen molar-refractivity contribution in [3.05, 3.63) is 33.1 Å². The van der Waals surface area contributed by atoms with Crippen molar-refractivity contribution in [3.8, 4) is 0 Å². The van der Waals surface area contributed by atoms with E-state index in [4.69, 9.17) is 0 Å². The third-order valence-corrected chi connectivity index (χ3v) is 1.65. The van der Waals surface area contributed by atoms with Crippen LogP contribution in [0.25, 0.3) is 0 Å². The maximum absolute atomic E-state index is 11.1. The van der Waals surface area contributed by atoms with Gasteiger partial charge in [-0.3, -0.25) is 9.36 Å². The van der Waals surface area contributed by atoms with Gasteiger partial charge in [0.2, 0.25) is 0 Å². The van der Waals surface area contributed by atoms with Gasteiger partial charge < -0.3 is 9.78 Å². The van der Waals surface area contributed by atoms with E-state index in [1.165, 1.54) is 12.3 Å².